The third-order valence-corrected chi connectivity index (χ3v) is 4.53. The molecular formula is C12H18N2O2S. The van der Waals surface area contributed by atoms with E-state index in [0.717, 1.165) is 24.4 Å². The second-order valence-electron chi connectivity index (χ2n) is 4.69. The van der Waals surface area contributed by atoms with Gasteiger partial charge in [-0.15, -0.1) is 11.3 Å². The van der Waals surface area contributed by atoms with Crippen molar-refractivity contribution in [2.45, 2.75) is 38.8 Å². The first-order valence-corrected chi connectivity index (χ1v) is 6.85. The fourth-order valence-corrected chi connectivity index (χ4v) is 3.29. The molecule has 1 N–H and O–H groups in total. The quantitative estimate of drug-likeness (QED) is 0.900. The number of hydrogen-bond acceptors (Lipinski definition) is 4. The Labute approximate surface area is 105 Å². The summed E-state index contributed by atoms with van der Waals surface area (Å²) >= 11 is 1.66. The second-order valence-corrected chi connectivity index (χ2v) is 5.62. The Morgan fingerprint density at radius 1 is 1.71 bits per heavy atom. The molecule has 1 aromatic heterocycles. The van der Waals surface area contributed by atoms with E-state index in [9.17, 15) is 4.79 Å². The van der Waals surface area contributed by atoms with Crippen LogP contribution in [0.2, 0.25) is 0 Å². The Kier molecular flexibility index (Phi) is 3.79. The van der Waals surface area contributed by atoms with Crippen LogP contribution in [0.4, 0.5) is 0 Å². The maximum absolute atomic E-state index is 11.0. The van der Waals surface area contributed by atoms with Crippen molar-refractivity contribution in [1.82, 2.24) is 9.88 Å². The smallest absolute Gasteiger partial charge is 0.306 e. The van der Waals surface area contributed by atoms with Crippen LogP contribution in [-0.2, 0) is 4.79 Å². The number of carboxylic acid groups (broad SMARTS) is 1. The van der Waals surface area contributed by atoms with Crippen molar-refractivity contribution in [3.63, 3.8) is 0 Å². The number of nitrogens with zero attached hydrogens (tertiary/aromatic N) is 2. The van der Waals surface area contributed by atoms with Gasteiger partial charge in [-0.3, -0.25) is 9.69 Å². The molecule has 3 unspecified atom stereocenters. The zero-order chi connectivity index (χ0) is 12.4. The van der Waals surface area contributed by atoms with Gasteiger partial charge >= 0.3 is 5.97 Å². The Morgan fingerprint density at radius 3 is 3.00 bits per heavy atom. The average Bonchev–Trinajstić information content (AvgIpc) is 2.81. The molecule has 0 spiro atoms. The van der Waals surface area contributed by atoms with Gasteiger partial charge in [0.25, 0.3) is 0 Å². The molecule has 2 heterocycles. The van der Waals surface area contributed by atoms with Crippen LogP contribution in [-0.4, -0.2) is 33.5 Å². The monoisotopic (exact) mass is 254 g/mol. The summed E-state index contributed by atoms with van der Waals surface area (Å²) in [6.07, 6.45) is 3.31. The lowest BCUT2D eigenvalue weighted by Crippen LogP contribution is -2.43. The summed E-state index contributed by atoms with van der Waals surface area (Å²) in [5.41, 5.74) is 0. The first kappa shape index (κ1) is 12.5. The third kappa shape index (κ3) is 2.66. The van der Waals surface area contributed by atoms with Crippen LogP contribution < -0.4 is 0 Å². The van der Waals surface area contributed by atoms with Gasteiger partial charge in [0.1, 0.15) is 5.01 Å². The molecule has 1 aromatic rings. The minimum atomic E-state index is -0.654. The first-order valence-electron chi connectivity index (χ1n) is 5.97. The number of carbonyl (C=O) groups is 1. The Balaban J connectivity index is 2.02. The standard InChI is InChI=1S/C12H18N2O2S/c1-8-7-10(12(15)16)3-5-14(8)9(2)11-13-4-6-17-11/h4,6,8-10H,3,5,7H2,1-2H3,(H,15,16). The Morgan fingerprint density at radius 2 is 2.47 bits per heavy atom. The maximum atomic E-state index is 11.0. The van der Waals surface area contributed by atoms with Crippen LogP contribution in [0.25, 0.3) is 0 Å². The van der Waals surface area contributed by atoms with E-state index < -0.39 is 5.97 Å². The normalized spacial score (nSPS) is 27.9. The fraction of sp³-hybridized carbons (Fsp3) is 0.667. The van der Waals surface area contributed by atoms with E-state index in [1.165, 1.54) is 0 Å². The highest BCUT2D eigenvalue weighted by atomic mass is 32.1. The second kappa shape index (κ2) is 5.14. The van der Waals surface area contributed by atoms with Crippen LogP contribution in [0.1, 0.15) is 37.7 Å². The van der Waals surface area contributed by atoms with Crippen molar-refractivity contribution in [1.29, 1.82) is 0 Å². The van der Waals surface area contributed by atoms with Crippen molar-refractivity contribution in [2.24, 2.45) is 5.92 Å². The van der Waals surface area contributed by atoms with Crippen LogP contribution in [0.5, 0.6) is 0 Å². The molecule has 0 amide bonds. The highest BCUT2D eigenvalue weighted by molar-refractivity contribution is 7.09. The topological polar surface area (TPSA) is 53.4 Å². The van der Waals surface area contributed by atoms with Crippen LogP contribution in [0.3, 0.4) is 0 Å². The van der Waals surface area contributed by atoms with Crippen molar-refractivity contribution in [3.8, 4) is 0 Å². The molecule has 1 aliphatic rings. The lowest BCUT2D eigenvalue weighted by atomic mass is 9.91. The van der Waals surface area contributed by atoms with E-state index in [2.05, 4.69) is 23.7 Å². The zero-order valence-electron chi connectivity index (χ0n) is 10.2. The molecule has 3 atom stereocenters. The van der Waals surface area contributed by atoms with Gasteiger partial charge in [-0.2, -0.15) is 0 Å². The van der Waals surface area contributed by atoms with Crippen molar-refractivity contribution < 1.29 is 9.90 Å². The number of aliphatic carboxylic acids is 1. The summed E-state index contributed by atoms with van der Waals surface area (Å²) in [4.78, 5) is 17.7. The summed E-state index contributed by atoms with van der Waals surface area (Å²) in [7, 11) is 0. The number of likely N-dealkylation sites (tertiary alicyclic amines) is 1. The highest BCUT2D eigenvalue weighted by Gasteiger charge is 2.32. The predicted octanol–water partition coefficient (Wildman–Crippen LogP) is 2.39. The third-order valence-electron chi connectivity index (χ3n) is 3.58. The minimum Gasteiger partial charge on any atom is -0.481 e. The molecule has 0 aromatic carbocycles. The van der Waals surface area contributed by atoms with E-state index in [-0.39, 0.29) is 5.92 Å². The van der Waals surface area contributed by atoms with E-state index in [1.54, 1.807) is 11.3 Å². The molecule has 94 valence electrons. The van der Waals surface area contributed by atoms with Gasteiger partial charge in [-0.05, 0) is 33.2 Å². The SMILES string of the molecule is CC1CC(C(=O)O)CCN1C(C)c1nccs1. The van der Waals surface area contributed by atoms with Gasteiger partial charge in [0.2, 0.25) is 0 Å². The van der Waals surface area contributed by atoms with Crippen LogP contribution in [0.15, 0.2) is 11.6 Å². The number of piperidine rings is 1. The molecule has 17 heavy (non-hydrogen) atoms. The van der Waals surface area contributed by atoms with E-state index >= 15 is 0 Å². The molecule has 1 aliphatic heterocycles. The molecule has 0 bridgehead atoms. The van der Waals surface area contributed by atoms with E-state index in [4.69, 9.17) is 5.11 Å². The number of thiazole rings is 1. The largest absolute Gasteiger partial charge is 0.481 e. The number of carboxylic acids is 1. The molecule has 1 saturated heterocycles. The zero-order valence-corrected chi connectivity index (χ0v) is 11.0. The highest BCUT2D eigenvalue weighted by Crippen LogP contribution is 2.31. The molecule has 1 fully saturated rings. The van der Waals surface area contributed by atoms with Gasteiger partial charge in [-0.1, -0.05) is 0 Å². The van der Waals surface area contributed by atoms with Crippen molar-refractivity contribution in [3.05, 3.63) is 16.6 Å². The molecule has 2 rings (SSSR count). The van der Waals surface area contributed by atoms with Crippen LogP contribution in [0, 0.1) is 5.92 Å². The lowest BCUT2D eigenvalue weighted by molar-refractivity contribution is -0.144. The lowest BCUT2D eigenvalue weighted by Gasteiger charge is -2.39. The Hall–Kier alpha value is -0.940. The predicted molar refractivity (Wildman–Crippen MR) is 67.1 cm³/mol. The van der Waals surface area contributed by atoms with Gasteiger partial charge < -0.3 is 5.11 Å². The van der Waals surface area contributed by atoms with Crippen molar-refractivity contribution in [2.75, 3.05) is 6.54 Å². The van der Waals surface area contributed by atoms with Gasteiger partial charge in [0.05, 0.1) is 12.0 Å². The van der Waals surface area contributed by atoms with Crippen LogP contribution >= 0.6 is 11.3 Å². The number of rotatable bonds is 3. The molecule has 5 heteroatoms. The Bertz CT molecular complexity index is 380. The summed E-state index contributed by atoms with van der Waals surface area (Å²) in [5.74, 6) is -0.830. The van der Waals surface area contributed by atoms with Crippen molar-refractivity contribution >= 4 is 17.3 Å². The molecule has 0 saturated carbocycles. The molecule has 4 nitrogen and oxygen atoms in total. The summed E-state index contributed by atoms with van der Waals surface area (Å²) < 4.78 is 0. The van der Waals surface area contributed by atoms with Gasteiger partial charge in [0, 0.05) is 17.6 Å². The molecular weight excluding hydrogens is 236 g/mol. The average molecular weight is 254 g/mol. The minimum absolute atomic E-state index is 0.176. The summed E-state index contributed by atoms with van der Waals surface area (Å²) in [6, 6.07) is 0.600. The molecule has 0 aliphatic carbocycles. The summed E-state index contributed by atoms with van der Waals surface area (Å²) in [6.45, 7) is 5.11. The maximum Gasteiger partial charge on any atom is 0.306 e. The van der Waals surface area contributed by atoms with Gasteiger partial charge in [-0.25, -0.2) is 4.98 Å². The van der Waals surface area contributed by atoms with E-state index in [0.29, 0.717) is 12.1 Å². The number of hydrogen-bond donors (Lipinski definition) is 1. The summed E-state index contributed by atoms with van der Waals surface area (Å²) in [5, 5.41) is 12.1. The molecule has 0 radical (unpaired) electrons. The first-order chi connectivity index (χ1) is 8.09. The fourth-order valence-electron chi connectivity index (χ4n) is 2.57. The van der Waals surface area contributed by atoms with E-state index in [1.807, 2.05) is 11.6 Å². The van der Waals surface area contributed by atoms with Gasteiger partial charge in [0.15, 0.2) is 0 Å². The number of aromatic nitrogens is 1.